The van der Waals surface area contributed by atoms with Gasteiger partial charge in [-0.15, -0.1) is 0 Å². The van der Waals surface area contributed by atoms with Crippen molar-refractivity contribution in [1.29, 1.82) is 0 Å². The molecule has 1 aliphatic rings. The average molecular weight is 479 g/mol. The predicted octanol–water partition coefficient (Wildman–Crippen LogP) is 4.12. The summed E-state index contributed by atoms with van der Waals surface area (Å²) in [5.74, 6) is 0.492. The van der Waals surface area contributed by atoms with Gasteiger partial charge >= 0.3 is 0 Å². The fourth-order valence-corrected chi connectivity index (χ4v) is 4.35. The van der Waals surface area contributed by atoms with E-state index in [0.29, 0.717) is 22.9 Å². The first kappa shape index (κ1) is 24.3. The molecule has 0 radical (unpaired) electrons. The lowest BCUT2D eigenvalue weighted by Gasteiger charge is -2.31. The van der Waals surface area contributed by atoms with Crippen LogP contribution in [0, 0.1) is 6.92 Å². The van der Waals surface area contributed by atoms with Crippen LogP contribution in [0.25, 0.3) is 0 Å². The molecule has 2 aromatic heterocycles. The summed E-state index contributed by atoms with van der Waals surface area (Å²) in [5.41, 5.74) is 0.699. The number of amides is 3. The highest BCUT2D eigenvalue weighted by Crippen LogP contribution is 2.27. The van der Waals surface area contributed by atoms with Gasteiger partial charge in [-0.3, -0.25) is 14.4 Å². The minimum absolute atomic E-state index is 0.0643. The van der Waals surface area contributed by atoms with E-state index in [2.05, 4.69) is 15.8 Å². The Kier molecular flexibility index (Phi) is 7.97. The summed E-state index contributed by atoms with van der Waals surface area (Å²) in [7, 11) is 0. The van der Waals surface area contributed by atoms with E-state index in [-0.39, 0.29) is 43.1 Å². The molecule has 1 aromatic carbocycles. The zero-order valence-corrected chi connectivity index (χ0v) is 19.7. The number of anilines is 1. The van der Waals surface area contributed by atoms with Crippen molar-refractivity contribution in [2.24, 2.45) is 0 Å². The van der Waals surface area contributed by atoms with E-state index >= 15 is 0 Å². The molecule has 0 bridgehead atoms. The summed E-state index contributed by atoms with van der Waals surface area (Å²) >= 11 is 0. The molecule has 184 valence electrons. The molecule has 0 aliphatic heterocycles. The van der Waals surface area contributed by atoms with E-state index < -0.39 is 6.04 Å². The molecule has 1 atom stereocenters. The second kappa shape index (κ2) is 11.5. The van der Waals surface area contributed by atoms with Crippen LogP contribution in [0.2, 0.25) is 0 Å². The minimum Gasteiger partial charge on any atom is -0.467 e. The summed E-state index contributed by atoms with van der Waals surface area (Å²) in [5, 5.41) is 9.49. The SMILES string of the molecule is Cc1cc(NC(=O)CCC(=O)N(Cc2ccco2)[C@H](C(=O)NC2CCCC2)c2ccccc2)no1. The van der Waals surface area contributed by atoms with E-state index in [1.54, 1.807) is 25.1 Å². The lowest BCUT2D eigenvalue weighted by Crippen LogP contribution is -2.46. The van der Waals surface area contributed by atoms with Crippen molar-refractivity contribution in [3.05, 3.63) is 71.9 Å². The van der Waals surface area contributed by atoms with Crippen molar-refractivity contribution in [1.82, 2.24) is 15.4 Å². The first-order chi connectivity index (χ1) is 17.0. The molecule has 1 aliphatic carbocycles. The molecule has 35 heavy (non-hydrogen) atoms. The first-order valence-corrected chi connectivity index (χ1v) is 11.9. The number of benzene rings is 1. The van der Waals surface area contributed by atoms with Gasteiger partial charge in [-0.25, -0.2) is 0 Å². The molecule has 2 heterocycles. The number of aryl methyl sites for hydroxylation is 1. The fourth-order valence-electron chi connectivity index (χ4n) is 4.35. The van der Waals surface area contributed by atoms with Crippen LogP contribution in [-0.4, -0.2) is 33.8 Å². The van der Waals surface area contributed by atoms with Gasteiger partial charge in [-0.1, -0.05) is 48.3 Å². The van der Waals surface area contributed by atoms with Gasteiger partial charge in [0, 0.05) is 24.9 Å². The molecule has 0 spiro atoms. The van der Waals surface area contributed by atoms with E-state index in [9.17, 15) is 14.4 Å². The van der Waals surface area contributed by atoms with Gasteiger partial charge < -0.3 is 24.5 Å². The number of nitrogens with one attached hydrogen (secondary N) is 2. The standard InChI is InChI=1S/C26H30N4O5/c1-18-16-22(29-35-18)28-23(31)13-14-24(32)30(17-21-12-7-15-34-21)25(19-8-3-2-4-9-19)26(33)27-20-10-5-6-11-20/h2-4,7-9,12,15-16,20,25H,5-6,10-11,13-14,17H2,1H3,(H,27,33)(H,28,29,31)/t25-/m0/s1. The second-order valence-corrected chi connectivity index (χ2v) is 8.78. The Morgan fingerprint density at radius 2 is 1.86 bits per heavy atom. The summed E-state index contributed by atoms with van der Waals surface area (Å²) in [6.45, 7) is 1.83. The van der Waals surface area contributed by atoms with Crippen LogP contribution in [0.5, 0.6) is 0 Å². The van der Waals surface area contributed by atoms with Crippen LogP contribution in [0.4, 0.5) is 5.82 Å². The second-order valence-electron chi connectivity index (χ2n) is 8.78. The van der Waals surface area contributed by atoms with Crippen molar-refractivity contribution < 1.29 is 23.3 Å². The van der Waals surface area contributed by atoms with E-state index in [1.165, 1.54) is 11.2 Å². The Balaban J connectivity index is 1.53. The zero-order chi connectivity index (χ0) is 24.6. The molecule has 1 fully saturated rings. The Morgan fingerprint density at radius 1 is 1.09 bits per heavy atom. The van der Waals surface area contributed by atoms with Crippen LogP contribution < -0.4 is 10.6 Å². The summed E-state index contributed by atoms with van der Waals surface area (Å²) < 4.78 is 10.5. The maximum absolute atomic E-state index is 13.5. The van der Waals surface area contributed by atoms with Crippen molar-refractivity contribution in [2.75, 3.05) is 5.32 Å². The maximum Gasteiger partial charge on any atom is 0.247 e. The number of nitrogens with zero attached hydrogens (tertiary/aromatic N) is 2. The molecule has 9 heteroatoms. The number of carbonyl (C=O) groups is 3. The summed E-state index contributed by atoms with van der Waals surface area (Å²) in [6, 6.07) is 13.6. The number of hydrogen-bond acceptors (Lipinski definition) is 6. The van der Waals surface area contributed by atoms with Crippen molar-refractivity contribution in [3.63, 3.8) is 0 Å². The Bertz CT molecular complexity index is 1120. The molecule has 3 aromatic rings. The topological polar surface area (TPSA) is 118 Å². The fraction of sp³-hybridized carbons (Fsp3) is 0.385. The summed E-state index contributed by atoms with van der Waals surface area (Å²) in [4.78, 5) is 40.9. The van der Waals surface area contributed by atoms with Crippen LogP contribution >= 0.6 is 0 Å². The van der Waals surface area contributed by atoms with Gasteiger partial charge in [-0.05, 0) is 37.5 Å². The zero-order valence-electron chi connectivity index (χ0n) is 19.7. The van der Waals surface area contributed by atoms with E-state index in [0.717, 1.165) is 25.7 Å². The van der Waals surface area contributed by atoms with Gasteiger partial charge in [0.2, 0.25) is 17.7 Å². The largest absolute Gasteiger partial charge is 0.467 e. The van der Waals surface area contributed by atoms with Gasteiger partial charge in [0.15, 0.2) is 5.82 Å². The molecule has 0 unspecified atom stereocenters. The minimum atomic E-state index is -0.851. The van der Waals surface area contributed by atoms with Crippen LogP contribution in [0.1, 0.15) is 61.7 Å². The highest BCUT2D eigenvalue weighted by molar-refractivity contribution is 5.94. The number of carbonyl (C=O) groups excluding carboxylic acids is 3. The number of furan rings is 1. The highest BCUT2D eigenvalue weighted by Gasteiger charge is 2.33. The first-order valence-electron chi connectivity index (χ1n) is 11.9. The van der Waals surface area contributed by atoms with Crippen LogP contribution in [0.15, 0.2) is 63.7 Å². The number of hydrogen-bond donors (Lipinski definition) is 2. The molecular weight excluding hydrogens is 448 g/mol. The quantitative estimate of drug-likeness (QED) is 0.453. The van der Waals surface area contributed by atoms with Crippen LogP contribution in [-0.2, 0) is 20.9 Å². The number of aromatic nitrogens is 1. The molecule has 1 saturated carbocycles. The van der Waals surface area contributed by atoms with Crippen molar-refractivity contribution in [3.8, 4) is 0 Å². The van der Waals surface area contributed by atoms with Gasteiger partial charge in [0.25, 0.3) is 0 Å². The molecule has 3 amide bonds. The van der Waals surface area contributed by atoms with Gasteiger partial charge in [-0.2, -0.15) is 0 Å². The molecule has 9 nitrogen and oxygen atoms in total. The lowest BCUT2D eigenvalue weighted by atomic mass is 10.0. The lowest BCUT2D eigenvalue weighted by molar-refractivity contribution is -0.142. The number of rotatable bonds is 10. The predicted molar refractivity (Wildman–Crippen MR) is 128 cm³/mol. The van der Waals surface area contributed by atoms with Crippen molar-refractivity contribution >= 4 is 23.5 Å². The highest BCUT2D eigenvalue weighted by atomic mass is 16.5. The normalized spacial score (nSPS) is 14.4. The third kappa shape index (κ3) is 6.59. The van der Waals surface area contributed by atoms with Crippen molar-refractivity contribution in [2.45, 2.75) is 64.1 Å². The third-order valence-corrected chi connectivity index (χ3v) is 6.06. The Labute approximate surface area is 203 Å². The average Bonchev–Trinajstić information content (AvgIpc) is 3.62. The molecule has 2 N–H and O–H groups in total. The monoisotopic (exact) mass is 478 g/mol. The van der Waals surface area contributed by atoms with E-state index in [1.807, 2.05) is 30.3 Å². The molecular formula is C26H30N4O5. The molecule has 4 rings (SSSR count). The third-order valence-electron chi connectivity index (χ3n) is 6.06. The molecule has 0 saturated heterocycles. The smallest absolute Gasteiger partial charge is 0.247 e. The van der Waals surface area contributed by atoms with Gasteiger partial charge in [0.1, 0.15) is 17.6 Å². The van der Waals surface area contributed by atoms with Crippen LogP contribution in [0.3, 0.4) is 0 Å². The van der Waals surface area contributed by atoms with E-state index in [4.69, 9.17) is 8.94 Å². The summed E-state index contributed by atoms with van der Waals surface area (Å²) in [6.07, 6.45) is 5.41. The maximum atomic E-state index is 13.5. The van der Waals surface area contributed by atoms with Gasteiger partial charge in [0.05, 0.1) is 12.8 Å². The Morgan fingerprint density at radius 3 is 2.51 bits per heavy atom. The Hall–Kier alpha value is -3.88.